The highest BCUT2D eigenvalue weighted by Gasteiger charge is 2.31. The van der Waals surface area contributed by atoms with Crippen LogP contribution in [0.15, 0.2) is 16.7 Å². The smallest absolute Gasteiger partial charge is 0.326 e. The molecule has 1 heterocycles. The van der Waals surface area contributed by atoms with Crippen LogP contribution in [0.2, 0.25) is 0 Å². The zero-order valence-corrected chi connectivity index (χ0v) is 11.7. The van der Waals surface area contributed by atoms with E-state index in [1.165, 1.54) is 6.26 Å². The Labute approximate surface area is 118 Å². The summed E-state index contributed by atoms with van der Waals surface area (Å²) in [5.74, 6) is -0.683. The summed E-state index contributed by atoms with van der Waals surface area (Å²) < 4.78 is 5.21. The fraction of sp³-hybridized carbons (Fsp3) is 0.600. The number of amides is 1. The molecule has 1 unspecified atom stereocenters. The molecule has 2 rings (SSSR count). The molecule has 1 aliphatic rings. The van der Waals surface area contributed by atoms with Gasteiger partial charge >= 0.3 is 5.97 Å². The number of furan rings is 1. The molecule has 1 aliphatic carbocycles. The number of hydrogen-bond donors (Lipinski definition) is 2. The number of carbonyl (C=O) groups is 2. The Morgan fingerprint density at radius 3 is 2.70 bits per heavy atom. The van der Waals surface area contributed by atoms with Crippen LogP contribution < -0.4 is 5.32 Å². The predicted octanol–water partition coefficient (Wildman–Crippen LogP) is 2.61. The van der Waals surface area contributed by atoms with Crippen molar-refractivity contribution in [3.05, 3.63) is 23.7 Å². The van der Waals surface area contributed by atoms with Crippen molar-refractivity contribution in [3.63, 3.8) is 0 Å². The van der Waals surface area contributed by atoms with E-state index in [1.807, 2.05) is 6.92 Å². The molecule has 0 aliphatic heterocycles. The molecule has 0 saturated heterocycles. The number of rotatable bonds is 5. The number of nitrogens with one attached hydrogen (secondary N) is 1. The molecule has 0 spiro atoms. The van der Waals surface area contributed by atoms with E-state index in [0.717, 1.165) is 32.1 Å². The van der Waals surface area contributed by atoms with E-state index in [4.69, 9.17) is 4.42 Å². The van der Waals surface area contributed by atoms with E-state index in [-0.39, 0.29) is 11.8 Å². The molecule has 0 aromatic carbocycles. The van der Waals surface area contributed by atoms with Gasteiger partial charge in [0.15, 0.2) is 0 Å². The van der Waals surface area contributed by atoms with Crippen molar-refractivity contribution in [2.75, 3.05) is 0 Å². The average molecular weight is 279 g/mol. The van der Waals surface area contributed by atoms with Crippen molar-refractivity contribution in [1.29, 1.82) is 0 Å². The molecule has 0 bridgehead atoms. The fourth-order valence-electron chi connectivity index (χ4n) is 2.88. The molecule has 0 radical (unpaired) electrons. The first-order chi connectivity index (χ1) is 9.63. The van der Waals surface area contributed by atoms with Crippen molar-refractivity contribution >= 4 is 11.9 Å². The summed E-state index contributed by atoms with van der Waals surface area (Å²) in [7, 11) is 0. The molecular formula is C15H21NO4. The Bertz CT molecular complexity index is 474. The van der Waals surface area contributed by atoms with Crippen LogP contribution in [-0.2, 0) is 11.2 Å². The van der Waals surface area contributed by atoms with Crippen LogP contribution in [0.5, 0.6) is 0 Å². The van der Waals surface area contributed by atoms with Crippen LogP contribution >= 0.6 is 0 Å². The third-order valence-electron chi connectivity index (χ3n) is 3.99. The standard InChI is InChI=1S/C15H21NO4/c1-2-12-11(8-9-20-12)14(17)16-13(15(18)19)10-6-4-3-5-7-10/h8-10,13H,2-7H2,1H3,(H,16,17)(H,18,19). The van der Waals surface area contributed by atoms with Gasteiger partial charge in [0.25, 0.3) is 5.91 Å². The van der Waals surface area contributed by atoms with E-state index in [9.17, 15) is 14.7 Å². The zero-order chi connectivity index (χ0) is 14.5. The normalized spacial score (nSPS) is 17.6. The third kappa shape index (κ3) is 3.21. The summed E-state index contributed by atoms with van der Waals surface area (Å²) in [5.41, 5.74) is 0.439. The number of hydrogen-bond acceptors (Lipinski definition) is 3. The van der Waals surface area contributed by atoms with Crippen LogP contribution in [0.25, 0.3) is 0 Å². The second kappa shape index (κ2) is 6.59. The molecule has 1 atom stereocenters. The molecule has 5 heteroatoms. The third-order valence-corrected chi connectivity index (χ3v) is 3.99. The Morgan fingerprint density at radius 2 is 2.10 bits per heavy atom. The topological polar surface area (TPSA) is 79.5 Å². The minimum absolute atomic E-state index is 0.0298. The first kappa shape index (κ1) is 14.6. The highest BCUT2D eigenvalue weighted by atomic mass is 16.4. The second-order valence-corrected chi connectivity index (χ2v) is 5.30. The van der Waals surface area contributed by atoms with E-state index in [2.05, 4.69) is 5.32 Å². The lowest BCUT2D eigenvalue weighted by molar-refractivity contribution is -0.141. The lowest BCUT2D eigenvalue weighted by atomic mass is 9.84. The van der Waals surface area contributed by atoms with E-state index in [0.29, 0.717) is 17.7 Å². The van der Waals surface area contributed by atoms with Gasteiger partial charge in [-0.3, -0.25) is 4.79 Å². The lowest BCUT2D eigenvalue weighted by Crippen LogP contribution is -2.46. The highest BCUT2D eigenvalue weighted by Crippen LogP contribution is 2.27. The van der Waals surface area contributed by atoms with E-state index in [1.54, 1.807) is 6.07 Å². The van der Waals surface area contributed by atoms with Gasteiger partial charge in [0.1, 0.15) is 11.8 Å². The highest BCUT2D eigenvalue weighted by molar-refractivity contribution is 5.97. The molecule has 110 valence electrons. The van der Waals surface area contributed by atoms with Gasteiger partial charge in [-0.1, -0.05) is 26.2 Å². The van der Waals surface area contributed by atoms with Gasteiger partial charge in [0.05, 0.1) is 11.8 Å². The molecule has 1 aromatic heterocycles. The molecule has 5 nitrogen and oxygen atoms in total. The van der Waals surface area contributed by atoms with E-state index < -0.39 is 12.0 Å². The van der Waals surface area contributed by atoms with Crippen LogP contribution in [0.3, 0.4) is 0 Å². The van der Waals surface area contributed by atoms with Gasteiger partial charge in [-0.05, 0) is 24.8 Å². The predicted molar refractivity (Wildman–Crippen MR) is 73.6 cm³/mol. The number of carboxylic acid groups (broad SMARTS) is 1. The average Bonchev–Trinajstić information content (AvgIpc) is 2.93. The summed E-state index contributed by atoms with van der Waals surface area (Å²) in [6, 6.07) is 0.788. The molecular weight excluding hydrogens is 258 g/mol. The minimum Gasteiger partial charge on any atom is -0.480 e. The van der Waals surface area contributed by atoms with Crippen LogP contribution in [0.1, 0.15) is 55.1 Å². The molecule has 1 aromatic rings. The van der Waals surface area contributed by atoms with Crippen molar-refractivity contribution in [2.45, 2.75) is 51.5 Å². The number of aryl methyl sites for hydroxylation is 1. The quantitative estimate of drug-likeness (QED) is 0.868. The summed E-state index contributed by atoms with van der Waals surface area (Å²) >= 11 is 0. The zero-order valence-electron chi connectivity index (χ0n) is 11.7. The molecule has 20 heavy (non-hydrogen) atoms. The monoisotopic (exact) mass is 279 g/mol. The van der Waals surface area contributed by atoms with Crippen LogP contribution in [0, 0.1) is 5.92 Å². The second-order valence-electron chi connectivity index (χ2n) is 5.30. The summed E-state index contributed by atoms with van der Waals surface area (Å²) in [6.45, 7) is 1.89. The number of carboxylic acids is 1. The molecule has 1 fully saturated rings. The maximum absolute atomic E-state index is 12.2. The summed E-state index contributed by atoms with van der Waals surface area (Å²) in [4.78, 5) is 23.6. The first-order valence-corrected chi connectivity index (χ1v) is 7.23. The van der Waals surface area contributed by atoms with Crippen molar-refractivity contribution < 1.29 is 19.1 Å². The molecule has 1 amide bonds. The van der Waals surface area contributed by atoms with Gasteiger partial charge in [-0.2, -0.15) is 0 Å². The Hall–Kier alpha value is -1.78. The maximum Gasteiger partial charge on any atom is 0.326 e. The Balaban J connectivity index is 2.08. The Morgan fingerprint density at radius 1 is 1.40 bits per heavy atom. The SMILES string of the molecule is CCc1occc1C(=O)NC(C(=O)O)C1CCCCC1. The van der Waals surface area contributed by atoms with Crippen LogP contribution in [-0.4, -0.2) is 23.0 Å². The molecule has 2 N–H and O–H groups in total. The van der Waals surface area contributed by atoms with Crippen molar-refractivity contribution in [3.8, 4) is 0 Å². The number of aliphatic carboxylic acids is 1. The minimum atomic E-state index is -0.952. The lowest BCUT2D eigenvalue weighted by Gasteiger charge is -2.27. The first-order valence-electron chi connectivity index (χ1n) is 7.23. The largest absolute Gasteiger partial charge is 0.480 e. The van der Waals surface area contributed by atoms with Crippen LogP contribution in [0.4, 0.5) is 0 Å². The summed E-state index contributed by atoms with van der Waals surface area (Å²) in [6.07, 6.45) is 7.03. The van der Waals surface area contributed by atoms with Gasteiger partial charge < -0.3 is 14.8 Å². The molecule has 1 saturated carbocycles. The van der Waals surface area contributed by atoms with Gasteiger partial charge in [0, 0.05) is 6.42 Å². The van der Waals surface area contributed by atoms with Gasteiger partial charge in [-0.15, -0.1) is 0 Å². The summed E-state index contributed by atoms with van der Waals surface area (Å²) in [5, 5.41) is 12.0. The Kier molecular flexibility index (Phi) is 4.82. The fourth-order valence-corrected chi connectivity index (χ4v) is 2.88. The van der Waals surface area contributed by atoms with Crippen molar-refractivity contribution in [1.82, 2.24) is 5.32 Å². The van der Waals surface area contributed by atoms with Gasteiger partial charge in [-0.25, -0.2) is 4.79 Å². The van der Waals surface area contributed by atoms with Crippen molar-refractivity contribution in [2.24, 2.45) is 5.92 Å². The maximum atomic E-state index is 12.2. The van der Waals surface area contributed by atoms with Gasteiger partial charge in [0.2, 0.25) is 0 Å². The number of carbonyl (C=O) groups excluding carboxylic acids is 1. The van der Waals surface area contributed by atoms with E-state index >= 15 is 0 Å².